The van der Waals surface area contributed by atoms with E-state index in [0.29, 0.717) is 17.5 Å². The molecule has 0 unspecified atom stereocenters. The molecular weight excluding hydrogens is 373 g/mol. The van der Waals surface area contributed by atoms with Gasteiger partial charge in [-0.25, -0.2) is 4.39 Å². The van der Waals surface area contributed by atoms with Crippen LogP contribution in [0.4, 0.5) is 10.1 Å². The molecule has 27 heavy (non-hydrogen) atoms. The first-order chi connectivity index (χ1) is 12.9. The van der Waals surface area contributed by atoms with Gasteiger partial charge in [0.1, 0.15) is 5.75 Å². The van der Waals surface area contributed by atoms with Crippen molar-refractivity contribution in [2.75, 3.05) is 11.9 Å². The third-order valence-electron chi connectivity index (χ3n) is 3.66. The van der Waals surface area contributed by atoms with E-state index < -0.39 is 11.7 Å². The summed E-state index contributed by atoms with van der Waals surface area (Å²) in [6.07, 6.45) is 0. The molecule has 0 saturated carbocycles. The van der Waals surface area contributed by atoms with Crippen molar-refractivity contribution in [3.63, 3.8) is 0 Å². The van der Waals surface area contributed by atoms with Gasteiger partial charge in [-0.05, 0) is 36.4 Å². The Morgan fingerprint density at radius 3 is 2.67 bits per heavy atom. The highest BCUT2D eigenvalue weighted by atomic mass is 35.5. The van der Waals surface area contributed by atoms with Gasteiger partial charge >= 0.3 is 0 Å². The number of rotatable bonds is 6. The first-order valence-electron chi connectivity index (χ1n) is 8.24. The molecule has 0 saturated heterocycles. The number of nitrogens with one attached hydrogen (secondary N) is 1. The molecule has 140 valence electrons. The molecule has 1 aromatic heterocycles. The third kappa shape index (κ3) is 4.62. The van der Waals surface area contributed by atoms with Gasteiger partial charge < -0.3 is 14.6 Å². The van der Waals surface area contributed by atoms with Gasteiger partial charge in [-0.1, -0.05) is 36.7 Å². The maximum Gasteiger partial charge on any atom is 0.262 e. The van der Waals surface area contributed by atoms with Crippen LogP contribution in [-0.4, -0.2) is 22.7 Å². The Bertz CT molecular complexity index is 942. The fourth-order valence-electron chi connectivity index (χ4n) is 2.22. The number of carbonyl (C=O) groups is 1. The zero-order valence-corrected chi connectivity index (χ0v) is 15.5. The summed E-state index contributed by atoms with van der Waals surface area (Å²) in [5, 5.41) is 6.27. The highest BCUT2D eigenvalue weighted by molar-refractivity contribution is 6.31. The minimum absolute atomic E-state index is 0.00352. The van der Waals surface area contributed by atoms with Gasteiger partial charge in [0.15, 0.2) is 18.2 Å². The van der Waals surface area contributed by atoms with E-state index in [0.717, 1.165) is 5.56 Å². The Morgan fingerprint density at radius 1 is 1.26 bits per heavy atom. The van der Waals surface area contributed by atoms with Crippen LogP contribution >= 0.6 is 11.6 Å². The summed E-state index contributed by atoms with van der Waals surface area (Å²) in [5.41, 5.74) is 0.746. The number of carbonyl (C=O) groups excluding carboxylic acids is 1. The largest absolute Gasteiger partial charge is 0.484 e. The van der Waals surface area contributed by atoms with Crippen molar-refractivity contribution >= 4 is 23.2 Å². The first-order valence-corrected chi connectivity index (χ1v) is 8.62. The van der Waals surface area contributed by atoms with Crippen molar-refractivity contribution < 1.29 is 18.4 Å². The summed E-state index contributed by atoms with van der Waals surface area (Å²) in [6.45, 7) is 3.68. The Morgan fingerprint density at radius 2 is 2.00 bits per heavy atom. The van der Waals surface area contributed by atoms with Crippen molar-refractivity contribution in [2.45, 2.75) is 19.8 Å². The Kier molecular flexibility index (Phi) is 5.71. The van der Waals surface area contributed by atoms with E-state index in [-0.39, 0.29) is 23.2 Å². The molecule has 0 fully saturated rings. The van der Waals surface area contributed by atoms with Gasteiger partial charge in [-0.2, -0.15) is 4.98 Å². The third-order valence-corrected chi connectivity index (χ3v) is 3.95. The number of aromatic nitrogens is 2. The Hall–Kier alpha value is -2.93. The topological polar surface area (TPSA) is 77.2 Å². The summed E-state index contributed by atoms with van der Waals surface area (Å²) in [4.78, 5) is 16.2. The van der Waals surface area contributed by atoms with E-state index in [1.807, 2.05) is 13.8 Å². The molecule has 0 atom stereocenters. The van der Waals surface area contributed by atoms with Crippen LogP contribution in [0.1, 0.15) is 25.6 Å². The van der Waals surface area contributed by atoms with Gasteiger partial charge in [0.05, 0.1) is 10.7 Å². The van der Waals surface area contributed by atoms with E-state index in [2.05, 4.69) is 15.5 Å². The normalized spacial score (nSPS) is 10.9. The molecule has 6 nitrogen and oxygen atoms in total. The second-order valence-corrected chi connectivity index (χ2v) is 6.48. The van der Waals surface area contributed by atoms with Gasteiger partial charge in [0, 0.05) is 11.5 Å². The zero-order chi connectivity index (χ0) is 19.4. The molecule has 0 aliphatic heterocycles. The summed E-state index contributed by atoms with van der Waals surface area (Å²) in [6, 6.07) is 11.2. The minimum Gasteiger partial charge on any atom is -0.484 e. The number of ether oxygens (including phenoxy) is 1. The molecule has 0 aliphatic rings. The fourth-order valence-corrected chi connectivity index (χ4v) is 2.39. The lowest BCUT2D eigenvalue weighted by molar-refractivity contribution is -0.118. The van der Waals surface area contributed by atoms with Gasteiger partial charge in [0.2, 0.25) is 0 Å². The number of hydrogen-bond acceptors (Lipinski definition) is 5. The van der Waals surface area contributed by atoms with E-state index >= 15 is 0 Å². The summed E-state index contributed by atoms with van der Waals surface area (Å²) in [7, 11) is 0. The molecular formula is C19H17ClFN3O3. The first kappa shape index (κ1) is 18.8. The van der Waals surface area contributed by atoms with Gasteiger partial charge in [0.25, 0.3) is 11.8 Å². The number of amides is 1. The molecule has 0 bridgehead atoms. The molecule has 3 rings (SSSR count). The van der Waals surface area contributed by atoms with Crippen LogP contribution in [0.15, 0.2) is 47.0 Å². The van der Waals surface area contributed by atoms with E-state index in [1.54, 1.807) is 30.3 Å². The van der Waals surface area contributed by atoms with E-state index in [1.165, 1.54) is 12.1 Å². The molecule has 1 amide bonds. The molecule has 0 spiro atoms. The van der Waals surface area contributed by atoms with Crippen molar-refractivity contribution in [1.29, 1.82) is 0 Å². The fraction of sp³-hybridized carbons (Fsp3) is 0.211. The molecule has 1 N–H and O–H groups in total. The average molecular weight is 390 g/mol. The lowest BCUT2D eigenvalue weighted by Crippen LogP contribution is -2.20. The quantitative estimate of drug-likeness (QED) is 0.662. The second-order valence-electron chi connectivity index (χ2n) is 6.08. The van der Waals surface area contributed by atoms with Crippen molar-refractivity contribution in [2.24, 2.45) is 0 Å². The van der Waals surface area contributed by atoms with Crippen LogP contribution in [0.3, 0.4) is 0 Å². The van der Waals surface area contributed by atoms with Gasteiger partial charge in [-0.3, -0.25) is 4.79 Å². The minimum atomic E-state index is -0.683. The predicted octanol–water partition coefficient (Wildman–Crippen LogP) is 4.67. The molecule has 0 radical (unpaired) electrons. The maximum atomic E-state index is 13.8. The molecule has 3 aromatic rings. The zero-order valence-electron chi connectivity index (χ0n) is 14.7. The van der Waals surface area contributed by atoms with E-state index in [9.17, 15) is 9.18 Å². The van der Waals surface area contributed by atoms with Crippen LogP contribution in [0, 0.1) is 5.82 Å². The monoisotopic (exact) mass is 389 g/mol. The number of benzene rings is 2. The van der Waals surface area contributed by atoms with E-state index in [4.69, 9.17) is 20.9 Å². The summed E-state index contributed by atoms with van der Waals surface area (Å²) >= 11 is 5.68. The van der Waals surface area contributed by atoms with Crippen molar-refractivity contribution in [3.05, 3.63) is 59.1 Å². The summed E-state index contributed by atoms with van der Waals surface area (Å²) < 4.78 is 24.4. The van der Waals surface area contributed by atoms with Crippen LogP contribution in [0.5, 0.6) is 5.75 Å². The van der Waals surface area contributed by atoms with Crippen LogP contribution < -0.4 is 10.1 Å². The van der Waals surface area contributed by atoms with Crippen LogP contribution in [0.2, 0.25) is 5.02 Å². The number of halogens is 2. The Labute approximate surface area is 160 Å². The molecule has 2 aromatic carbocycles. The highest BCUT2D eigenvalue weighted by Gasteiger charge is 2.12. The number of nitrogens with zero attached hydrogens (tertiary/aromatic N) is 2. The maximum absolute atomic E-state index is 13.8. The lowest BCUT2D eigenvalue weighted by atomic mass is 10.2. The van der Waals surface area contributed by atoms with Crippen molar-refractivity contribution in [3.8, 4) is 17.2 Å². The highest BCUT2D eigenvalue weighted by Crippen LogP contribution is 2.23. The SMILES string of the molecule is CC(C)c1noc(-c2ccc(OCC(=O)Nc3cccc(Cl)c3F)cc2)n1. The van der Waals surface area contributed by atoms with Crippen LogP contribution in [0.25, 0.3) is 11.5 Å². The lowest BCUT2D eigenvalue weighted by Gasteiger charge is -2.09. The standard InChI is InChI=1S/C19H17ClFN3O3/c1-11(2)18-23-19(27-24-18)12-6-8-13(9-7-12)26-10-16(25)22-15-5-3-4-14(20)17(15)21/h3-9,11H,10H2,1-2H3,(H,22,25). The Balaban J connectivity index is 1.58. The molecule has 8 heteroatoms. The number of anilines is 1. The predicted molar refractivity (Wildman–Crippen MR) is 99.4 cm³/mol. The smallest absolute Gasteiger partial charge is 0.262 e. The summed E-state index contributed by atoms with van der Waals surface area (Å²) in [5.74, 6) is 0.516. The van der Waals surface area contributed by atoms with Gasteiger partial charge in [-0.15, -0.1) is 0 Å². The second kappa shape index (κ2) is 8.18. The molecule has 0 aliphatic carbocycles. The van der Waals surface area contributed by atoms with Crippen molar-refractivity contribution in [1.82, 2.24) is 10.1 Å². The number of hydrogen-bond donors (Lipinski definition) is 1. The average Bonchev–Trinajstić information content (AvgIpc) is 3.15. The van der Waals surface area contributed by atoms with Crippen LogP contribution in [-0.2, 0) is 4.79 Å². The molecule has 1 heterocycles.